The molecule has 2 N–H and O–H groups in total. The van der Waals surface area contributed by atoms with Crippen molar-refractivity contribution in [3.05, 3.63) is 149 Å². The first-order chi connectivity index (χ1) is 21.7. The Hall–Kier alpha value is -5.61. The van der Waals surface area contributed by atoms with E-state index in [9.17, 15) is 0 Å². The first-order valence-corrected chi connectivity index (χ1v) is 15.3. The quantitative estimate of drug-likeness (QED) is 0.212. The van der Waals surface area contributed by atoms with Gasteiger partial charge in [0.1, 0.15) is 11.4 Å². The van der Waals surface area contributed by atoms with Crippen molar-refractivity contribution in [2.45, 2.75) is 18.8 Å². The van der Waals surface area contributed by atoms with E-state index in [0.29, 0.717) is 0 Å². The first-order valence-electron chi connectivity index (χ1n) is 15.3. The smallest absolute Gasteiger partial charge is 0.160 e. The Morgan fingerprint density at radius 2 is 1.41 bits per heavy atom. The van der Waals surface area contributed by atoms with Crippen molar-refractivity contribution in [2.75, 3.05) is 5.73 Å². The number of benzene rings is 6. The van der Waals surface area contributed by atoms with Gasteiger partial charge in [0.05, 0.1) is 22.1 Å². The fraction of sp³-hybridized carbons (Fsp3) is 0.0750. The van der Waals surface area contributed by atoms with Gasteiger partial charge < -0.3 is 10.2 Å². The number of imidazole rings is 1. The Kier molecular flexibility index (Phi) is 4.49. The zero-order valence-electron chi connectivity index (χ0n) is 24.1. The molecule has 2 heterocycles. The molecule has 10 rings (SSSR count). The highest BCUT2D eigenvalue weighted by molar-refractivity contribution is 6.18. The number of aryl methyl sites for hydroxylation is 1. The summed E-state index contributed by atoms with van der Waals surface area (Å²) in [6.07, 6.45) is 0.793. The van der Waals surface area contributed by atoms with Crippen molar-refractivity contribution in [2.24, 2.45) is 0 Å². The first kappa shape index (κ1) is 23.9. The van der Waals surface area contributed by atoms with Gasteiger partial charge in [0.15, 0.2) is 5.58 Å². The van der Waals surface area contributed by atoms with Crippen molar-refractivity contribution in [3.63, 3.8) is 0 Å². The number of fused-ring (bicyclic) bond motifs is 15. The van der Waals surface area contributed by atoms with Crippen molar-refractivity contribution in [1.82, 2.24) is 9.55 Å². The van der Waals surface area contributed by atoms with Gasteiger partial charge in [0.25, 0.3) is 0 Å². The summed E-state index contributed by atoms with van der Waals surface area (Å²) in [7, 11) is 0. The Bertz CT molecular complexity index is 2520. The SMILES string of the molecule is CCc1nc2ccccc2n1-c1cc2c(c3c1oc1ccccc13)-c1ccccc1C21c2ccccc2-c2ccc(N)cc21. The van der Waals surface area contributed by atoms with Gasteiger partial charge in [-0.15, -0.1) is 0 Å². The Balaban J connectivity index is 1.47. The third-order valence-electron chi connectivity index (χ3n) is 9.89. The molecule has 0 saturated carbocycles. The molecule has 0 amide bonds. The zero-order chi connectivity index (χ0) is 29.2. The van der Waals surface area contributed by atoms with Crippen molar-refractivity contribution >= 4 is 38.7 Å². The molecule has 4 heteroatoms. The molecule has 0 bridgehead atoms. The fourth-order valence-electron chi connectivity index (χ4n) is 8.26. The van der Waals surface area contributed by atoms with Gasteiger partial charge in [-0.25, -0.2) is 4.98 Å². The van der Waals surface area contributed by atoms with Crippen molar-refractivity contribution in [3.8, 4) is 27.9 Å². The fourth-order valence-corrected chi connectivity index (χ4v) is 8.26. The maximum Gasteiger partial charge on any atom is 0.160 e. The van der Waals surface area contributed by atoms with E-state index in [-0.39, 0.29) is 0 Å². The van der Waals surface area contributed by atoms with Crippen LogP contribution in [0.1, 0.15) is 35.0 Å². The molecule has 2 aliphatic carbocycles. The van der Waals surface area contributed by atoms with E-state index < -0.39 is 5.41 Å². The molecule has 2 aromatic heterocycles. The van der Waals surface area contributed by atoms with Crippen LogP contribution < -0.4 is 5.73 Å². The molecule has 208 valence electrons. The summed E-state index contributed by atoms with van der Waals surface area (Å²) in [5.74, 6) is 1.01. The normalized spacial score (nSPS) is 16.1. The van der Waals surface area contributed by atoms with Crippen LogP contribution >= 0.6 is 0 Å². The summed E-state index contributed by atoms with van der Waals surface area (Å²) in [4.78, 5) is 5.08. The number of nitrogens with zero attached hydrogens (tertiary/aromatic N) is 2. The molecular weight excluding hydrogens is 538 g/mol. The minimum atomic E-state index is -0.530. The molecule has 0 fully saturated rings. The van der Waals surface area contributed by atoms with Crippen LogP contribution in [0.2, 0.25) is 0 Å². The second kappa shape index (κ2) is 8.27. The molecule has 0 aliphatic heterocycles. The largest absolute Gasteiger partial charge is 0.454 e. The zero-order valence-corrected chi connectivity index (χ0v) is 24.1. The molecule has 1 unspecified atom stereocenters. The van der Waals surface area contributed by atoms with Crippen LogP contribution in [0.15, 0.2) is 126 Å². The lowest BCUT2D eigenvalue weighted by atomic mass is 9.70. The van der Waals surface area contributed by atoms with Crippen LogP contribution in [0.25, 0.3) is 60.9 Å². The van der Waals surface area contributed by atoms with Gasteiger partial charge in [0, 0.05) is 22.9 Å². The number of para-hydroxylation sites is 3. The number of rotatable bonds is 2. The second-order valence-corrected chi connectivity index (χ2v) is 12.0. The maximum absolute atomic E-state index is 6.84. The molecule has 1 atom stereocenters. The van der Waals surface area contributed by atoms with Gasteiger partial charge in [-0.1, -0.05) is 91.9 Å². The summed E-state index contributed by atoms with van der Waals surface area (Å²) in [5.41, 5.74) is 21.7. The monoisotopic (exact) mass is 565 g/mol. The maximum atomic E-state index is 6.84. The van der Waals surface area contributed by atoms with Crippen LogP contribution in [0, 0.1) is 0 Å². The lowest BCUT2D eigenvalue weighted by Crippen LogP contribution is -2.26. The summed E-state index contributed by atoms with van der Waals surface area (Å²) >= 11 is 0. The van der Waals surface area contributed by atoms with Crippen molar-refractivity contribution < 1.29 is 4.42 Å². The van der Waals surface area contributed by atoms with E-state index in [4.69, 9.17) is 15.1 Å². The van der Waals surface area contributed by atoms with Crippen LogP contribution in [-0.4, -0.2) is 9.55 Å². The van der Waals surface area contributed by atoms with E-state index in [2.05, 4.69) is 127 Å². The van der Waals surface area contributed by atoms with Crippen LogP contribution in [0.4, 0.5) is 5.69 Å². The number of anilines is 1. The van der Waals surface area contributed by atoms with Gasteiger partial charge in [-0.2, -0.15) is 0 Å². The molecule has 4 nitrogen and oxygen atoms in total. The molecule has 0 radical (unpaired) electrons. The highest BCUT2D eigenvalue weighted by Crippen LogP contribution is 2.65. The summed E-state index contributed by atoms with van der Waals surface area (Å²) < 4.78 is 9.15. The van der Waals surface area contributed by atoms with E-state index in [1.807, 2.05) is 6.07 Å². The number of nitrogens with two attached hydrogens (primary N) is 1. The van der Waals surface area contributed by atoms with Gasteiger partial charge >= 0.3 is 0 Å². The van der Waals surface area contributed by atoms with Gasteiger partial charge in [-0.3, -0.25) is 4.57 Å². The number of nitrogen functional groups attached to an aromatic ring is 1. The molecule has 1 spiro atoms. The standard InChI is InChI=1S/C40H27N3O/c1-2-36-42-32-16-8-9-17-33(32)43(36)34-22-31-37(38-27-13-5-10-18-35(27)44-39(34)38)26-12-4-7-15-29(26)40(31)28-14-6-3-11-24(28)25-20-19-23(41)21-30(25)40/h3-22H,2,41H2,1H3. The molecular formula is C40H27N3O. The summed E-state index contributed by atoms with van der Waals surface area (Å²) in [6, 6.07) is 43.4. The van der Waals surface area contributed by atoms with Gasteiger partial charge in [0.2, 0.25) is 0 Å². The number of furan rings is 1. The third-order valence-corrected chi connectivity index (χ3v) is 9.89. The topological polar surface area (TPSA) is 57.0 Å². The molecule has 8 aromatic rings. The Labute approximate surface area is 254 Å². The number of hydrogen-bond donors (Lipinski definition) is 1. The number of aromatic nitrogens is 2. The Morgan fingerprint density at radius 3 is 2.27 bits per heavy atom. The molecule has 6 aromatic carbocycles. The molecule has 0 saturated heterocycles. The average Bonchev–Trinajstić information content (AvgIpc) is 3.79. The van der Waals surface area contributed by atoms with Crippen LogP contribution in [0.3, 0.4) is 0 Å². The minimum Gasteiger partial charge on any atom is -0.454 e. The predicted octanol–water partition coefficient (Wildman–Crippen LogP) is 9.41. The van der Waals surface area contributed by atoms with E-state index >= 15 is 0 Å². The summed E-state index contributed by atoms with van der Waals surface area (Å²) in [5, 5.41) is 2.26. The van der Waals surface area contributed by atoms with Crippen molar-refractivity contribution in [1.29, 1.82) is 0 Å². The van der Waals surface area contributed by atoms with E-state index in [1.165, 1.54) is 44.5 Å². The Morgan fingerprint density at radius 1 is 0.705 bits per heavy atom. The van der Waals surface area contributed by atoms with Crippen LogP contribution in [0.5, 0.6) is 0 Å². The average molecular weight is 566 g/mol. The van der Waals surface area contributed by atoms with Crippen LogP contribution in [-0.2, 0) is 11.8 Å². The summed E-state index contributed by atoms with van der Waals surface area (Å²) in [6.45, 7) is 2.17. The lowest BCUT2D eigenvalue weighted by Gasteiger charge is -2.31. The highest BCUT2D eigenvalue weighted by atomic mass is 16.3. The number of hydrogen-bond acceptors (Lipinski definition) is 3. The minimum absolute atomic E-state index is 0.530. The second-order valence-electron chi connectivity index (χ2n) is 12.0. The highest BCUT2D eigenvalue weighted by Gasteiger charge is 2.52. The lowest BCUT2D eigenvalue weighted by molar-refractivity contribution is 0.664. The van der Waals surface area contributed by atoms with Gasteiger partial charge in [-0.05, 0) is 80.9 Å². The third kappa shape index (κ3) is 2.72. The van der Waals surface area contributed by atoms with E-state index in [1.54, 1.807) is 0 Å². The predicted molar refractivity (Wildman–Crippen MR) is 178 cm³/mol. The molecule has 2 aliphatic rings. The van der Waals surface area contributed by atoms with E-state index in [0.717, 1.165) is 56.6 Å². The molecule has 44 heavy (non-hydrogen) atoms.